The molecule has 6 nitrogen and oxygen atoms in total. The second-order valence-electron chi connectivity index (χ2n) is 9.38. The van der Waals surface area contributed by atoms with Gasteiger partial charge in [-0.3, -0.25) is 14.5 Å². The second kappa shape index (κ2) is 11.9. The molecular formula is C29H28ClF4N3O3. The number of pyridine rings is 1. The topological polar surface area (TPSA) is 62.7 Å². The minimum Gasteiger partial charge on any atom is -0.373 e. The highest BCUT2D eigenvalue weighted by Gasteiger charge is 2.61. The molecule has 5 rings (SSSR count). The van der Waals surface area contributed by atoms with Gasteiger partial charge in [-0.15, -0.1) is 0 Å². The summed E-state index contributed by atoms with van der Waals surface area (Å²) < 4.78 is 59.7. The Balaban J connectivity index is 0.00000181. The summed E-state index contributed by atoms with van der Waals surface area (Å²) in [7, 11) is 0. The van der Waals surface area contributed by atoms with E-state index in [9.17, 15) is 27.2 Å². The van der Waals surface area contributed by atoms with Crippen molar-refractivity contribution in [3.05, 3.63) is 94.4 Å². The van der Waals surface area contributed by atoms with Crippen molar-refractivity contribution in [2.24, 2.45) is 0 Å². The number of carbonyl (C=O) groups is 2. The molecule has 1 aromatic heterocycles. The first-order valence-corrected chi connectivity index (χ1v) is 13.2. The van der Waals surface area contributed by atoms with E-state index in [-0.39, 0.29) is 36.3 Å². The van der Waals surface area contributed by atoms with Gasteiger partial charge in [0.15, 0.2) is 11.6 Å². The average Bonchev–Trinajstić information content (AvgIpc) is 2.91. The molecule has 2 heterocycles. The van der Waals surface area contributed by atoms with Crippen LogP contribution < -0.4 is 4.90 Å². The van der Waals surface area contributed by atoms with Gasteiger partial charge in [0.25, 0.3) is 5.91 Å². The Labute approximate surface area is 234 Å². The van der Waals surface area contributed by atoms with Crippen LogP contribution in [0.4, 0.5) is 23.4 Å². The molecule has 1 spiro atoms. The van der Waals surface area contributed by atoms with Crippen LogP contribution in [0.2, 0.25) is 5.02 Å². The van der Waals surface area contributed by atoms with Gasteiger partial charge in [0.1, 0.15) is 12.1 Å². The van der Waals surface area contributed by atoms with E-state index in [2.05, 4.69) is 4.98 Å². The zero-order valence-electron chi connectivity index (χ0n) is 21.9. The molecule has 2 aromatic carbocycles. The predicted molar refractivity (Wildman–Crippen MR) is 142 cm³/mol. The molecule has 212 valence electrons. The number of amides is 2. The molecule has 0 unspecified atom stereocenters. The standard InChI is InChI=1S/C27H22ClF4N3O3.C2H6/c28-20-10-22(29)24(33-13-20)34-15-23(36)35(14-17-6-8-19(9-7-17)27(30,31)32)26(25(34)37)11-21(12-26)38-16-18-4-2-1-3-5-18;1-2/h1-10,13,21H,11-12,14-16H2;1-2H3. The molecule has 11 heteroatoms. The molecule has 3 aromatic rings. The van der Waals surface area contributed by atoms with Gasteiger partial charge in [-0.1, -0.05) is 67.9 Å². The van der Waals surface area contributed by atoms with Crippen molar-refractivity contribution >= 4 is 29.2 Å². The van der Waals surface area contributed by atoms with Crippen molar-refractivity contribution in [1.29, 1.82) is 0 Å². The number of benzene rings is 2. The van der Waals surface area contributed by atoms with E-state index in [0.29, 0.717) is 12.2 Å². The van der Waals surface area contributed by atoms with Crippen molar-refractivity contribution in [2.75, 3.05) is 11.4 Å². The maximum absolute atomic E-state index is 14.7. The van der Waals surface area contributed by atoms with Crippen molar-refractivity contribution in [3.63, 3.8) is 0 Å². The lowest BCUT2D eigenvalue weighted by molar-refractivity contribution is -0.172. The van der Waals surface area contributed by atoms with E-state index >= 15 is 0 Å². The zero-order valence-corrected chi connectivity index (χ0v) is 22.7. The molecule has 2 aliphatic rings. The first kappa shape index (κ1) is 29.5. The lowest BCUT2D eigenvalue weighted by Crippen LogP contribution is -2.74. The number of ether oxygens (including phenoxy) is 1. The smallest absolute Gasteiger partial charge is 0.373 e. The Kier molecular flexibility index (Phi) is 8.80. The summed E-state index contributed by atoms with van der Waals surface area (Å²) in [5.74, 6) is -2.17. The third kappa shape index (κ3) is 5.97. The number of rotatable bonds is 6. The first-order valence-electron chi connectivity index (χ1n) is 12.8. The summed E-state index contributed by atoms with van der Waals surface area (Å²) in [5.41, 5.74) is -0.801. The fourth-order valence-electron chi connectivity index (χ4n) is 4.89. The third-order valence-corrected chi connectivity index (χ3v) is 7.09. The average molecular weight is 578 g/mol. The molecule has 2 amide bonds. The Morgan fingerprint density at radius 2 is 1.68 bits per heavy atom. The van der Waals surface area contributed by atoms with Crippen LogP contribution >= 0.6 is 11.6 Å². The van der Waals surface area contributed by atoms with Crippen LogP contribution in [0.15, 0.2) is 66.9 Å². The third-order valence-electron chi connectivity index (χ3n) is 6.88. The molecular weight excluding hydrogens is 550 g/mol. The highest BCUT2D eigenvalue weighted by molar-refractivity contribution is 6.30. The number of hydrogen-bond acceptors (Lipinski definition) is 4. The molecule has 2 fully saturated rings. The quantitative estimate of drug-likeness (QED) is 0.318. The number of hydrogen-bond donors (Lipinski definition) is 0. The Morgan fingerprint density at radius 1 is 1.02 bits per heavy atom. The van der Waals surface area contributed by atoms with Crippen molar-refractivity contribution in [2.45, 2.75) is 57.7 Å². The van der Waals surface area contributed by atoms with E-state index in [0.717, 1.165) is 28.7 Å². The molecule has 1 saturated carbocycles. The van der Waals surface area contributed by atoms with Gasteiger partial charge in [-0.25, -0.2) is 9.37 Å². The first-order chi connectivity index (χ1) is 19.1. The number of alkyl halides is 3. The number of carbonyl (C=O) groups excluding carboxylic acids is 2. The SMILES string of the molecule is CC.O=C1CN(c2ncc(Cl)cc2F)C(=O)C2(CC(OCc3ccccc3)C2)N1Cc1ccc(C(F)(F)F)cc1. The Bertz CT molecular complexity index is 1350. The van der Waals surface area contributed by atoms with Gasteiger partial charge in [0.2, 0.25) is 5.91 Å². The summed E-state index contributed by atoms with van der Waals surface area (Å²) in [6.07, 6.45) is -3.37. The van der Waals surface area contributed by atoms with Gasteiger partial charge in [-0.05, 0) is 29.3 Å². The second-order valence-corrected chi connectivity index (χ2v) is 9.82. The van der Waals surface area contributed by atoms with Crippen LogP contribution in [0.1, 0.15) is 43.4 Å². The summed E-state index contributed by atoms with van der Waals surface area (Å²) in [6, 6.07) is 14.9. The summed E-state index contributed by atoms with van der Waals surface area (Å²) in [5, 5.41) is 0.0405. The van der Waals surface area contributed by atoms with Crippen LogP contribution in [0.25, 0.3) is 0 Å². The van der Waals surface area contributed by atoms with Crippen LogP contribution in [0.3, 0.4) is 0 Å². The van der Waals surface area contributed by atoms with Crippen LogP contribution in [-0.4, -0.2) is 39.9 Å². The number of aromatic nitrogens is 1. The minimum absolute atomic E-state index is 0.0405. The monoisotopic (exact) mass is 577 g/mol. The van der Waals surface area contributed by atoms with E-state index in [1.54, 1.807) is 0 Å². The molecule has 40 heavy (non-hydrogen) atoms. The van der Waals surface area contributed by atoms with Crippen molar-refractivity contribution in [3.8, 4) is 0 Å². The van der Waals surface area contributed by atoms with Gasteiger partial charge in [0, 0.05) is 25.6 Å². The zero-order chi connectivity index (χ0) is 29.1. The molecule has 1 saturated heterocycles. The van der Waals surface area contributed by atoms with Gasteiger partial charge in [0.05, 0.1) is 23.3 Å². The predicted octanol–water partition coefficient (Wildman–Crippen LogP) is 6.41. The largest absolute Gasteiger partial charge is 0.416 e. The van der Waals surface area contributed by atoms with E-state index < -0.39 is 41.5 Å². The van der Waals surface area contributed by atoms with Crippen molar-refractivity contribution < 1.29 is 31.9 Å². The summed E-state index contributed by atoms with van der Waals surface area (Å²) in [4.78, 5) is 33.5. The number of anilines is 1. The highest BCUT2D eigenvalue weighted by atomic mass is 35.5. The highest BCUT2D eigenvalue weighted by Crippen LogP contribution is 2.45. The summed E-state index contributed by atoms with van der Waals surface area (Å²) in [6.45, 7) is 3.75. The lowest BCUT2D eigenvalue weighted by atomic mass is 9.70. The van der Waals surface area contributed by atoms with E-state index in [4.69, 9.17) is 16.3 Å². The Hall–Kier alpha value is -3.50. The van der Waals surface area contributed by atoms with Crippen LogP contribution in [0, 0.1) is 5.82 Å². The van der Waals surface area contributed by atoms with Crippen molar-refractivity contribution in [1.82, 2.24) is 9.88 Å². The Morgan fingerprint density at radius 3 is 2.27 bits per heavy atom. The molecule has 0 radical (unpaired) electrons. The van der Waals surface area contributed by atoms with E-state index in [1.165, 1.54) is 23.2 Å². The van der Waals surface area contributed by atoms with Crippen LogP contribution in [0.5, 0.6) is 0 Å². The number of nitrogens with zero attached hydrogens (tertiary/aromatic N) is 3. The summed E-state index contributed by atoms with van der Waals surface area (Å²) >= 11 is 5.80. The fourth-order valence-corrected chi connectivity index (χ4v) is 5.04. The molecule has 1 aliphatic heterocycles. The normalized spacial score (nSPS) is 20.7. The molecule has 0 atom stereocenters. The van der Waals surface area contributed by atoms with Gasteiger partial charge >= 0.3 is 6.18 Å². The number of halogens is 5. The fraction of sp³-hybridized carbons (Fsp3) is 0.345. The van der Waals surface area contributed by atoms with Gasteiger partial charge in [-0.2, -0.15) is 13.2 Å². The number of piperazine rings is 1. The van der Waals surface area contributed by atoms with Gasteiger partial charge < -0.3 is 9.64 Å². The minimum atomic E-state index is -4.50. The van der Waals surface area contributed by atoms with Crippen LogP contribution in [-0.2, 0) is 33.7 Å². The maximum Gasteiger partial charge on any atom is 0.416 e. The van der Waals surface area contributed by atoms with E-state index in [1.807, 2.05) is 44.2 Å². The molecule has 0 N–H and O–H groups in total. The molecule has 0 bridgehead atoms. The lowest BCUT2D eigenvalue weighted by Gasteiger charge is -2.56. The maximum atomic E-state index is 14.7. The molecule has 1 aliphatic carbocycles.